The van der Waals surface area contributed by atoms with Crippen molar-refractivity contribution in [2.45, 2.75) is 6.43 Å². The summed E-state index contributed by atoms with van der Waals surface area (Å²) in [6, 6.07) is 2.68. The lowest BCUT2D eigenvalue weighted by Crippen LogP contribution is -2.02. The first-order valence-electron chi connectivity index (χ1n) is 3.95. The van der Waals surface area contributed by atoms with Crippen molar-refractivity contribution in [3.05, 3.63) is 23.3 Å². The van der Waals surface area contributed by atoms with E-state index in [-0.39, 0.29) is 16.9 Å². The SMILES string of the molecule is CN=Cc1cc(N)cc(C(F)F)c1N. The molecule has 5 heteroatoms. The van der Waals surface area contributed by atoms with Crippen LogP contribution in [0.25, 0.3) is 0 Å². The quantitative estimate of drug-likeness (QED) is 0.563. The molecule has 0 aliphatic rings. The third-order valence-electron chi connectivity index (χ3n) is 1.77. The minimum absolute atomic E-state index is 0.0276. The van der Waals surface area contributed by atoms with Crippen LogP contribution < -0.4 is 11.5 Å². The molecule has 0 fully saturated rings. The van der Waals surface area contributed by atoms with E-state index in [1.807, 2.05) is 0 Å². The van der Waals surface area contributed by atoms with E-state index in [1.165, 1.54) is 25.4 Å². The maximum Gasteiger partial charge on any atom is 0.265 e. The molecule has 0 saturated carbocycles. The van der Waals surface area contributed by atoms with E-state index >= 15 is 0 Å². The summed E-state index contributed by atoms with van der Waals surface area (Å²) < 4.78 is 24.9. The normalized spacial score (nSPS) is 11.4. The van der Waals surface area contributed by atoms with Crippen LogP contribution in [0, 0.1) is 0 Å². The smallest absolute Gasteiger partial charge is 0.265 e. The molecule has 0 heterocycles. The highest BCUT2D eigenvalue weighted by Gasteiger charge is 2.14. The second-order valence-corrected chi connectivity index (χ2v) is 2.80. The second-order valence-electron chi connectivity index (χ2n) is 2.80. The van der Waals surface area contributed by atoms with Crippen molar-refractivity contribution in [2.75, 3.05) is 18.5 Å². The van der Waals surface area contributed by atoms with Gasteiger partial charge in [0.05, 0.1) is 0 Å². The fourth-order valence-electron chi connectivity index (χ4n) is 1.15. The number of nitrogens with zero attached hydrogens (tertiary/aromatic N) is 1. The van der Waals surface area contributed by atoms with Gasteiger partial charge < -0.3 is 11.5 Å². The summed E-state index contributed by atoms with van der Waals surface area (Å²) in [4.78, 5) is 3.70. The Morgan fingerprint density at radius 1 is 1.36 bits per heavy atom. The van der Waals surface area contributed by atoms with Gasteiger partial charge in [0.15, 0.2) is 0 Å². The minimum atomic E-state index is -2.62. The van der Waals surface area contributed by atoms with E-state index in [0.29, 0.717) is 5.56 Å². The summed E-state index contributed by atoms with van der Waals surface area (Å²) in [5.74, 6) is 0. The van der Waals surface area contributed by atoms with Crippen LogP contribution in [-0.2, 0) is 0 Å². The molecule has 0 saturated heterocycles. The molecule has 0 bridgehead atoms. The topological polar surface area (TPSA) is 64.4 Å². The Hall–Kier alpha value is -1.65. The maximum atomic E-state index is 12.4. The third-order valence-corrected chi connectivity index (χ3v) is 1.77. The van der Waals surface area contributed by atoms with E-state index in [4.69, 9.17) is 11.5 Å². The van der Waals surface area contributed by atoms with Crippen LogP contribution in [0.5, 0.6) is 0 Å². The molecule has 0 aliphatic heterocycles. The van der Waals surface area contributed by atoms with Crippen LogP contribution in [0.1, 0.15) is 17.6 Å². The maximum absolute atomic E-state index is 12.4. The monoisotopic (exact) mass is 199 g/mol. The Labute approximate surface area is 80.4 Å². The molecule has 0 atom stereocenters. The first-order chi connectivity index (χ1) is 6.56. The van der Waals surface area contributed by atoms with Gasteiger partial charge in [0.25, 0.3) is 6.43 Å². The summed E-state index contributed by atoms with van der Waals surface area (Å²) in [6.45, 7) is 0. The highest BCUT2D eigenvalue weighted by molar-refractivity contribution is 5.89. The molecule has 76 valence electrons. The zero-order valence-corrected chi connectivity index (χ0v) is 7.67. The lowest BCUT2D eigenvalue weighted by atomic mass is 10.1. The predicted molar refractivity (Wildman–Crippen MR) is 53.7 cm³/mol. The molecule has 0 radical (unpaired) electrons. The van der Waals surface area contributed by atoms with E-state index in [0.717, 1.165) is 0 Å². The fourth-order valence-corrected chi connectivity index (χ4v) is 1.15. The van der Waals surface area contributed by atoms with Crippen molar-refractivity contribution in [3.63, 3.8) is 0 Å². The standard InChI is InChI=1S/C9H11F2N3/c1-14-4-5-2-6(12)3-7(8(5)13)9(10)11/h2-4,9H,12-13H2,1H3. The molecule has 0 amide bonds. The van der Waals surface area contributed by atoms with Gasteiger partial charge in [-0.05, 0) is 12.1 Å². The van der Waals surface area contributed by atoms with Gasteiger partial charge in [0.2, 0.25) is 0 Å². The molecule has 0 unspecified atom stereocenters. The molecule has 3 nitrogen and oxygen atoms in total. The zero-order chi connectivity index (χ0) is 10.7. The third kappa shape index (κ3) is 1.99. The second kappa shape index (κ2) is 4.04. The van der Waals surface area contributed by atoms with Crippen molar-refractivity contribution in [2.24, 2.45) is 4.99 Å². The van der Waals surface area contributed by atoms with Crippen LogP contribution >= 0.6 is 0 Å². The van der Waals surface area contributed by atoms with Gasteiger partial charge in [0.1, 0.15) is 0 Å². The van der Waals surface area contributed by atoms with Crippen molar-refractivity contribution in [1.82, 2.24) is 0 Å². The van der Waals surface area contributed by atoms with E-state index < -0.39 is 6.43 Å². The summed E-state index contributed by atoms with van der Waals surface area (Å²) in [5.41, 5.74) is 11.4. The lowest BCUT2D eigenvalue weighted by molar-refractivity contribution is 0.152. The number of nitrogens with two attached hydrogens (primary N) is 2. The van der Waals surface area contributed by atoms with Gasteiger partial charge in [-0.25, -0.2) is 8.78 Å². The van der Waals surface area contributed by atoms with Crippen molar-refractivity contribution < 1.29 is 8.78 Å². The predicted octanol–water partition coefficient (Wildman–Crippen LogP) is 1.84. The highest BCUT2D eigenvalue weighted by atomic mass is 19.3. The summed E-state index contributed by atoms with van der Waals surface area (Å²) in [5, 5.41) is 0. The number of hydrogen-bond acceptors (Lipinski definition) is 3. The molecule has 1 rings (SSSR count). The van der Waals surface area contributed by atoms with E-state index in [9.17, 15) is 8.78 Å². The number of anilines is 2. The van der Waals surface area contributed by atoms with Gasteiger partial charge in [-0.2, -0.15) is 0 Å². The van der Waals surface area contributed by atoms with Crippen LogP contribution in [0.15, 0.2) is 17.1 Å². The fraction of sp³-hybridized carbons (Fsp3) is 0.222. The average Bonchev–Trinajstić information content (AvgIpc) is 2.10. The largest absolute Gasteiger partial charge is 0.399 e. The van der Waals surface area contributed by atoms with Gasteiger partial charge in [-0.1, -0.05) is 0 Å². The molecule has 1 aromatic carbocycles. The van der Waals surface area contributed by atoms with Crippen molar-refractivity contribution >= 4 is 17.6 Å². The van der Waals surface area contributed by atoms with E-state index in [2.05, 4.69) is 4.99 Å². The number of nitrogen functional groups attached to an aromatic ring is 2. The molecular weight excluding hydrogens is 188 g/mol. The molecule has 1 aromatic rings. The zero-order valence-electron chi connectivity index (χ0n) is 7.67. The Balaban J connectivity index is 3.32. The molecule has 0 aliphatic carbocycles. The molecule has 14 heavy (non-hydrogen) atoms. The molecule has 0 spiro atoms. The van der Waals surface area contributed by atoms with Crippen LogP contribution in [0.4, 0.5) is 20.2 Å². The number of rotatable bonds is 2. The molecule has 0 aromatic heterocycles. The lowest BCUT2D eigenvalue weighted by Gasteiger charge is -2.08. The number of halogens is 2. The Morgan fingerprint density at radius 3 is 2.50 bits per heavy atom. The Bertz CT molecular complexity index is 361. The van der Waals surface area contributed by atoms with Gasteiger partial charge in [-0.3, -0.25) is 4.99 Å². The van der Waals surface area contributed by atoms with E-state index in [1.54, 1.807) is 0 Å². The number of aliphatic imine (C=N–C) groups is 1. The van der Waals surface area contributed by atoms with Gasteiger partial charge in [-0.15, -0.1) is 0 Å². The van der Waals surface area contributed by atoms with Crippen LogP contribution in [-0.4, -0.2) is 13.3 Å². The Morgan fingerprint density at radius 2 is 2.00 bits per heavy atom. The van der Waals surface area contributed by atoms with Crippen LogP contribution in [0.2, 0.25) is 0 Å². The van der Waals surface area contributed by atoms with Crippen molar-refractivity contribution in [3.8, 4) is 0 Å². The number of benzene rings is 1. The van der Waals surface area contributed by atoms with Gasteiger partial charge in [0, 0.05) is 35.8 Å². The average molecular weight is 199 g/mol. The van der Waals surface area contributed by atoms with Crippen molar-refractivity contribution in [1.29, 1.82) is 0 Å². The summed E-state index contributed by atoms with van der Waals surface area (Å²) >= 11 is 0. The van der Waals surface area contributed by atoms with Crippen LogP contribution in [0.3, 0.4) is 0 Å². The number of hydrogen-bond donors (Lipinski definition) is 2. The number of alkyl halides is 2. The molecular formula is C9H11F2N3. The summed E-state index contributed by atoms with van der Waals surface area (Å²) in [7, 11) is 1.53. The first-order valence-corrected chi connectivity index (χ1v) is 3.95. The molecule has 4 N–H and O–H groups in total. The summed E-state index contributed by atoms with van der Waals surface area (Å²) in [6.07, 6.45) is -1.22. The van der Waals surface area contributed by atoms with Gasteiger partial charge >= 0.3 is 0 Å². The Kier molecular flexibility index (Phi) is 3.01. The first kappa shape index (κ1) is 10.4. The highest BCUT2D eigenvalue weighted by Crippen LogP contribution is 2.29. The minimum Gasteiger partial charge on any atom is -0.399 e.